The van der Waals surface area contributed by atoms with Gasteiger partial charge in [0.2, 0.25) is 12.3 Å². The lowest BCUT2D eigenvalue weighted by Crippen LogP contribution is -2.48. The van der Waals surface area contributed by atoms with E-state index >= 15 is 0 Å². The molecule has 11 heteroatoms. The topological polar surface area (TPSA) is 102 Å². The Balaban J connectivity index is 1.73. The summed E-state index contributed by atoms with van der Waals surface area (Å²) in [6.07, 6.45) is 1.73. The number of carbonyl (C=O) groups is 2. The maximum atomic E-state index is 13.7. The molecule has 1 saturated heterocycles. The van der Waals surface area contributed by atoms with Crippen molar-refractivity contribution in [3.63, 3.8) is 0 Å². The summed E-state index contributed by atoms with van der Waals surface area (Å²) < 4.78 is 19.3. The van der Waals surface area contributed by atoms with Crippen LogP contribution in [0.5, 0.6) is 5.75 Å². The molecule has 0 spiro atoms. The zero-order valence-electron chi connectivity index (χ0n) is 16.1. The van der Waals surface area contributed by atoms with E-state index in [1.165, 1.54) is 23.1 Å². The Bertz CT molecular complexity index is 962. The molecule has 1 unspecified atom stereocenters. The summed E-state index contributed by atoms with van der Waals surface area (Å²) in [5.41, 5.74) is 6.26. The van der Waals surface area contributed by atoms with E-state index in [9.17, 15) is 14.0 Å². The SMILES string of the molecule is CN1CC(N(C=O)c2cc(OCCc3c(Cl)ccc(F)c3Cl)c(N)nn2)CCC1=O. The van der Waals surface area contributed by atoms with Crippen LogP contribution in [0.1, 0.15) is 18.4 Å². The molecule has 2 aromatic rings. The van der Waals surface area contributed by atoms with Crippen LogP contribution in [0.2, 0.25) is 10.0 Å². The first-order valence-corrected chi connectivity index (χ1v) is 9.93. The van der Waals surface area contributed by atoms with E-state index in [0.29, 0.717) is 36.4 Å². The van der Waals surface area contributed by atoms with Gasteiger partial charge in [-0.15, -0.1) is 10.2 Å². The van der Waals surface area contributed by atoms with Crippen LogP contribution in [0.3, 0.4) is 0 Å². The molecule has 3 rings (SSSR count). The van der Waals surface area contributed by atoms with Crippen LogP contribution in [0, 0.1) is 5.82 Å². The second-order valence-corrected chi connectivity index (χ2v) is 7.64. The normalized spacial score (nSPS) is 16.5. The summed E-state index contributed by atoms with van der Waals surface area (Å²) in [5, 5.41) is 8.11. The molecule has 1 atom stereocenters. The molecule has 1 aliphatic heterocycles. The Morgan fingerprint density at radius 1 is 1.40 bits per heavy atom. The molecule has 30 heavy (non-hydrogen) atoms. The summed E-state index contributed by atoms with van der Waals surface area (Å²) in [6.45, 7) is 0.483. The third kappa shape index (κ3) is 4.73. The lowest BCUT2D eigenvalue weighted by Gasteiger charge is -2.34. The second kappa shape index (κ2) is 9.44. The molecule has 1 fully saturated rings. The highest BCUT2D eigenvalue weighted by Crippen LogP contribution is 2.29. The molecule has 160 valence electrons. The van der Waals surface area contributed by atoms with Gasteiger partial charge >= 0.3 is 0 Å². The molecule has 1 aromatic carbocycles. The Kier molecular flexibility index (Phi) is 6.94. The van der Waals surface area contributed by atoms with Crippen LogP contribution < -0.4 is 15.4 Å². The predicted molar refractivity (Wildman–Crippen MR) is 111 cm³/mol. The van der Waals surface area contributed by atoms with Crippen molar-refractivity contribution in [3.8, 4) is 5.75 Å². The van der Waals surface area contributed by atoms with E-state index in [1.54, 1.807) is 11.9 Å². The van der Waals surface area contributed by atoms with Crippen molar-refractivity contribution in [2.45, 2.75) is 25.3 Å². The molecule has 1 aliphatic rings. The number of aromatic nitrogens is 2. The average Bonchev–Trinajstić information content (AvgIpc) is 2.72. The molecule has 2 N–H and O–H groups in total. The lowest BCUT2D eigenvalue weighted by atomic mass is 10.0. The quantitative estimate of drug-likeness (QED) is 0.508. The Labute approximate surface area is 182 Å². The molecule has 0 aliphatic carbocycles. The fourth-order valence-electron chi connectivity index (χ4n) is 3.22. The lowest BCUT2D eigenvalue weighted by molar-refractivity contribution is -0.132. The number of nitrogens with zero attached hydrogens (tertiary/aromatic N) is 4. The van der Waals surface area contributed by atoms with Crippen molar-refractivity contribution in [2.75, 3.05) is 30.8 Å². The summed E-state index contributed by atoms with van der Waals surface area (Å²) in [6, 6.07) is 3.88. The van der Waals surface area contributed by atoms with Crippen molar-refractivity contribution >= 4 is 47.2 Å². The monoisotopic (exact) mass is 455 g/mol. The smallest absolute Gasteiger partial charge is 0.222 e. The highest BCUT2D eigenvalue weighted by molar-refractivity contribution is 6.36. The molecular formula is C19H20Cl2FN5O3. The van der Waals surface area contributed by atoms with Gasteiger partial charge in [0, 0.05) is 37.5 Å². The number of hydrogen-bond donors (Lipinski definition) is 1. The summed E-state index contributed by atoms with van der Waals surface area (Å²) in [4.78, 5) is 26.4. The van der Waals surface area contributed by atoms with Gasteiger partial charge in [0.25, 0.3) is 0 Å². The van der Waals surface area contributed by atoms with Gasteiger partial charge in [0.15, 0.2) is 17.4 Å². The first-order chi connectivity index (χ1) is 14.3. The Morgan fingerprint density at radius 2 is 2.17 bits per heavy atom. The standard InChI is InChI=1S/C19H20Cl2FN5O3/c1-26-9-11(2-5-17(26)29)27(10-28)16-8-15(19(23)25-24-16)30-7-6-12-13(20)3-4-14(22)18(12)21/h3-4,8,10-11H,2,5-7,9H2,1H3,(H2,23,25). The van der Waals surface area contributed by atoms with Gasteiger partial charge in [-0.05, 0) is 24.1 Å². The number of hydrogen-bond acceptors (Lipinski definition) is 6. The third-order valence-electron chi connectivity index (χ3n) is 4.89. The maximum absolute atomic E-state index is 13.7. The number of rotatable bonds is 7. The van der Waals surface area contributed by atoms with E-state index in [-0.39, 0.29) is 47.4 Å². The minimum absolute atomic E-state index is 0.0270. The summed E-state index contributed by atoms with van der Waals surface area (Å²) in [7, 11) is 1.68. The fourth-order valence-corrected chi connectivity index (χ4v) is 3.78. The Morgan fingerprint density at radius 3 is 2.87 bits per heavy atom. The zero-order chi connectivity index (χ0) is 21.8. The molecule has 0 radical (unpaired) electrons. The highest BCUT2D eigenvalue weighted by Gasteiger charge is 2.29. The predicted octanol–water partition coefficient (Wildman–Crippen LogP) is 2.71. The second-order valence-electron chi connectivity index (χ2n) is 6.85. The number of anilines is 2. The maximum Gasteiger partial charge on any atom is 0.222 e. The van der Waals surface area contributed by atoms with Crippen LogP contribution in [0.15, 0.2) is 18.2 Å². The largest absolute Gasteiger partial charge is 0.489 e. The van der Waals surface area contributed by atoms with Crippen molar-refractivity contribution < 1.29 is 18.7 Å². The van der Waals surface area contributed by atoms with Gasteiger partial charge in [0.05, 0.1) is 17.7 Å². The number of ether oxygens (including phenoxy) is 1. The van der Waals surface area contributed by atoms with E-state index in [4.69, 9.17) is 33.7 Å². The first-order valence-electron chi connectivity index (χ1n) is 9.17. The molecule has 0 bridgehead atoms. The number of likely N-dealkylation sites (N-methyl/N-ethyl adjacent to an activating group) is 1. The van der Waals surface area contributed by atoms with Gasteiger partial charge in [-0.2, -0.15) is 0 Å². The van der Waals surface area contributed by atoms with E-state index < -0.39 is 5.82 Å². The minimum Gasteiger partial charge on any atom is -0.489 e. The number of carbonyl (C=O) groups excluding carboxylic acids is 2. The third-order valence-corrected chi connectivity index (χ3v) is 5.66. The van der Waals surface area contributed by atoms with Crippen LogP contribution in [0.25, 0.3) is 0 Å². The summed E-state index contributed by atoms with van der Waals surface area (Å²) >= 11 is 12.1. The number of nitrogens with two attached hydrogens (primary N) is 1. The minimum atomic E-state index is -0.569. The molecule has 2 amide bonds. The number of likely N-dealkylation sites (tertiary alicyclic amines) is 1. The first kappa shape index (κ1) is 22.0. The van der Waals surface area contributed by atoms with Gasteiger partial charge in [-0.25, -0.2) is 4.39 Å². The molecular weight excluding hydrogens is 436 g/mol. The molecule has 0 saturated carbocycles. The van der Waals surface area contributed by atoms with Gasteiger partial charge in [0.1, 0.15) is 5.82 Å². The van der Waals surface area contributed by atoms with Crippen molar-refractivity contribution in [1.29, 1.82) is 0 Å². The van der Waals surface area contributed by atoms with E-state index in [2.05, 4.69) is 10.2 Å². The highest BCUT2D eigenvalue weighted by atomic mass is 35.5. The fraction of sp³-hybridized carbons (Fsp3) is 0.368. The zero-order valence-corrected chi connectivity index (χ0v) is 17.7. The van der Waals surface area contributed by atoms with Gasteiger partial charge in [-0.1, -0.05) is 23.2 Å². The average molecular weight is 456 g/mol. The number of nitrogen functional groups attached to an aromatic ring is 1. The van der Waals surface area contributed by atoms with Gasteiger partial charge < -0.3 is 15.4 Å². The van der Waals surface area contributed by atoms with Gasteiger partial charge in [-0.3, -0.25) is 14.5 Å². The molecule has 8 nitrogen and oxygen atoms in total. The van der Waals surface area contributed by atoms with Crippen molar-refractivity contribution in [2.24, 2.45) is 0 Å². The van der Waals surface area contributed by atoms with Crippen molar-refractivity contribution in [3.05, 3.63) is 39.6 Å². The number of benzene rings is 1. The van der Waals surface area contributed by atoms with Crippen LogP contribution >= 0.6 is 23.2 Å². The number of amides is 2. The van der Waals surface area contributed by atoms with Crippen LogP contribution in [0.4, 0.5) is 16.0 Å². The number of halogens is 3. The summed E-state index contributed by atoms with van der Waals surface area (Å²) in [5.74, 6) is -0.0309. The van der Waals surface area contributed by atoms with Crippen molar-refractivity contribution in [1.82, 2.24) is 15.1 Å². The van der Waals surface area contributed by atoms with Crippen LogP contribution in [-0.4, -0.2) is 53.7 Å². The van der Waals surface area contributed by atoms with E-state index in [1.807, 2.05) is 0 Å². The van der Waals surface area contributed by atoms with E-state index in [0.717, 1.165) is 0 Å². The molecule has 2 heterocycles. The van der Waals surface area contributed by atoms with Crippen LogP contribution in [-0.2, 0) is 16.0 Å². The number of piperidine rings is 1. The Hall–Kier alpha value is -2.65. The molecule has 1 aromatic heterocycles.